The fourth-order valence-corrected chi connectivity index (χ4v) is 2.39. The number of nitrogens with two attached hydrogens (primary N) is 1. The highest BCUT2D eigenvalue weighted by Crippen LogP contribution is 2.32. The Labute approximate surface area is 149 Å². The molecule has 0 bridgehead atoms. The number of halogens is 2. The molecule has 0 atom stereocenters. The van der Waals surface area contributed by atoms with Crippen LogP contribution in [0.1, 0.15) is 26.0 Å². The highest BCUT2D eigenvalue weighted by atomic mass is 35.5. The van der Waals surface area contributed by atoms with Crippen LogP contribution in [-0.4, -0.2) is 29.8 Å². The summed E-state index contributed by atoms with van der Waals surface area (Å²) >= 11 is 5.85. The lowest BCUT2D eigenvalue weighted by molar-refractivity contribution is -0.106. The number of hydrogen-bond acceptors (Lipinski definition) is 6. The summed E-state index contributed by atoms with van der Waals surface area (Å²) in [4.78, 5) is 13.2. The molecule has 0 aliphatic rings. The van der Waals surface area contributed by atoms with Gasteiger partial charge in [0.2, 0.25) is 12.2 Å². The van der Waals surface area contributed by atoms with Crippen molar-refractivity contribution in [3.05, 3.63) is 40.3 Å². The van der Waals surface area contributed by atoms with Crippen LogP contribution in [0.5, 0.6) is 0 Å². The zero-order valence-electron chi connectivity index (χ0n) is 13.9. The number of benzene rings is 1. The number of amides is 1. The molecule has 0 unspecified atom stereocenters. The molecule has 0 fully saturated rings. The van der Waals surface area contributed by atoms with Gasteiger partial charge < -0.3 is 11.1 Å². The first-order valence-electron chi connectivity index (χ1n) is 7.69. The normalized spacial score (nSPS) is 11.9. The summed E-state index contributed by atoms with van der Waals surface area (Å²) < 4.78 is 18.3. The molecule has 1 heterocycles. The van der Waals surface area contributed by atoms with Gasteiger partial charge in [0.1, 0.15) is 5.82 Å². The quantitative estimate of drug-likeness (QED) is 0.696. The third kappa shape index (κ3) is 4.15. The van der Waals surface area contributed by atoms with E-state index in [2.05, 4.69) is 15.6 Å². The van der Waals surface area contributed by atoms with Crippen molar-refractivity contribution in [3.8, 4) is 0 Å². The van der Waals surface area contributed by atoms with Crippen LogP contribution in [0.3, 0.4) is 0 Å². The molecule has 9 heteroatoms. The van der Waals surface area contributed by atoms with Crippen LogP contribution in [-0.2, 0) is 4.79 Å². The van der Waals surface area contributed by atoms with Crippen LogP contribution in [0, 0.1) is 5.82 Å². The van der Waals surface area contributed by atoms with Gasteiger partial charge in [-0.05, 0) is 47.4 Å². The minimum Gasteiger partial charge on any atom is -0.364 e. The van der Waals surface area contributed by atoms with Gasteiger partial charge in [-0.3, -0.25) is 9.69 Å². The van der Waals surface area contributed by atoms with E-state index in [-0.39, 0.29) is 5.02 Å². The minimum absolute atomic E-state index is 0.0855. The van der Waals surface area contributed by atoms with Gasteiger partial charge in [0.25, 0.3) is 0 Å². The van der Waals surface area contributed by atoms with E-state index in [4.69, 9.17) is 22.0 Å². The third-order valence-corrected chi connectivity index (χ3v) is 3.90. The number of anilines is 2. The van der Waals surface area contributed by atoms with Gasteiger partial charge in [0, 0.05) is 13.1 Å². The molecule has 0 saturated carbocycles. The molecule has 0 aliphatic carbocycles. The highest BCUT2D eigenvalue weighted by Gasteiger charge is 2.24. The molecule has 1 amide bonds. The van der Waals surface area contributed by atoms with Crippen molar-refractivity contribution >= 4 is 35.2 Å². The van der Waals surface area contributed by atoms with Crippen LogP contribution in [0.25, 0.3) is 5.70 Å². The second kappa shape index (κ2) is 8.59. The number of nitrogens with one attached hydrogen (secondary N) is 1. The summed E-state index contributed by atoms with van der Waals surface area (Å²) in [6.45, 7) is 4.65. The first-order valence-corrected chi connectivity index (χ1v) is 8.07. The van der Waals surface area contributed by atoms with E-state index in [0.29, 0.717) is 48.8 Å². The maximum atomic E-state index is 13.5. The number of allylic oxidation sites excluding steroid dienone is 1. The molecule has 1 aromatic heterocycles. The zero-order valence-corrected chi connectivity index (χ0v) is 14.7. The van der Waals surface area contributed by atoms with E-state index >= 15 is 0 Å². The molecule has 1 aromatic carbocycles. The van der Waals surface area contributed by atoms with Crippen LogP contribution in [0.15, 0.2) is 28.4 Å². The van der Waals surface area contributed by atoms with E-state index < -0.39 is 5.82 Å². The lowest BCUT2D eigenvalue weighted by Crippen LogP contribution is -2.22. The summed E-state index contributed by atoms with van der Waals surface area (Å²) in [6.07, 6.45) is 1.26. The number of hydrogen-bond donors (Lipinski definition) is 2. The Balaban J connectivity index is 2.55. The Bertz CT molecular complexity index is 778. The van der Waals surface area contributed by atoms with Crippen LogP contribution < -0.4 is 16.0 Å². The van der Waals surface area contributed by atoms with E-state index in [1.54, 1.807) is 0 Å². The van der Waals surface area contributed by atoms with Crippen molar-refractivity contribution in [2.45, 2.75) is 20.3 Å². The van der Waals surface area contributed by atoms with Gasteiger partial charge in [-0.15, -0.1) is 0 Å². The smallest absolute Gasteiger partial charge is 0.218 e. The van der Waals surface area contributed by atoms with Gasteiger partial charge in [-0.25, -0.2) is 9.02 Å². The predicted octanol–water partition coefficient (Wildman–Crippen LogP) is 3.04. The largest absolute Gasteiger partial charge is 0.364 e. The number of nitrogens with zero attached hydrogens (tertiary/aromatic N) is 3. The number of rotatable bonds is 8. The molecule has 7 nitrogen and oxygen atoms in total. The topological polar surface area (TPSA) is 97.3 Å². The van der Waals surface area contributed by atoms with Crippen molar-refractivity contribution in [2.75, 3.05) is 23.3 Å². The summed E-state index contributed by atoms with van der Waals surface area (Å²) in [7, 11) is 0. The van der Waals surface area contributed by atoms with E-state index in [9.17, 15) is 9.18 Å². The molecule has 25 heavy (non-hydrogen) atoms. The fraction of sp³-hybridized carbons (Fsp3) is 0.312. The molecular weight excluding hydrogens is 349 g/mol. The molecule has 0 aliphatic heterocycles. The first-order chi connectivity index (χ1) is 12.0. The average Bonchev–Trinajstić information content (AvgIpc) is 3.07. The van der Waals surface area contributed by atoms with Crippen LogP contribution in [0.4, 0.5) is 15.9 Å². The molecule has 2 aromatic rings. The minimum atomic E-state index is -0.567. The molecule has 134 valence electrons. The van der Waals surface area contributed by atoms with E-state index in [1.165, 1.54) is 23.1 Å². The zero-order chi connectivity index (χ0) is 18.4. The Morgan fingerprint density at radius 2 is 2.24 bits per heavy atom. The summed E-state index contributed by atoms with van der Waals surface area (Å²) in [5.74, 6) is -0.198. The molecule has 2 rings (SSSR count). The summed E-state index contributed by atoms with van der Waals surface area (Å²) in [6, 6.07) is 4.02. The van der Waals surface area contributed by atoms with Gasteiger partial charge in [0.05, 0.1) is 16.4 Å². The monoisotopic (exact) mass is 367 g/mol. The van der Waals surface area contributed by atoms with Gasteiger partial charge in [0.15, 0.2) is 5.69 Å². The number of carbonyl (C=O) groups is 1. The Hall–Kier alpha value is -2.45. The summed E-state index contributed by atoms with van der Waals surface area (Å²) in [5.41, 5.74) is 7.60. The second-order valence-electron chi connectivity index (χ2n) is 5.23. The fourth-order valence-electron chi connectivity index (χ4n) is 2.22. The molecule has 3 N–H and O–H groups in total. The van der Waals surface area contributed by atoms with Crippen molar-refractivity contribution in [1.29, 1.82) is 0 Å². The maximum Gasteiger partial charge on any atom is 0.218 e. The van der Waals surface area contributed by atoms with Crippen LogP contribution in [0.2, 0.25) is 5.02 Å². The van der Waals surface area contributed by atoms with E-state index in [0.717, 1.165) is 5.57 Å². The molecular formula is C16H19ClFN5O2. The van der Waals surface area contributed by atoms with Gasteiger partial charge >= 0.3 is 0 Å². The van der Waals surface area contributed by atoms with Crippen molar-refractivity contribution in [1.82, 2.24) is 10.3 Å². The Kier molecular flexibility index (Phi) is 6.49. The molecule has 0 spiro atoms. The molecule has 0 saturated heterocycles. The molecule has 0 radical (unpaired) electrons. The van der Waals surface area contributed by atoms with Crippen molar-refractivity contribution in [3.63, 3.8) is 0 Å². The van der Waals surface area contributed by atoms with Gasteiger partial charge in [-0.1, -0.05) is 18.5 Å². The highest BCUT2D eigenvalue weighted by molar-refractivity contribution is 6.31. The average molecular weight is 368 g/mol. The first kappa shape index (κ1) is 18.9. The second-order valence-corrected chi connectivity index (χ2v) is 5.64. The summed E-state index contributed by atoms with van der Waals surface area (Å²) in [5, 5.41) is 10.6. The SMILES string of the molecule is CC/C(C)=C(\c1nonc1NCCN)N(C=O)c1ccc(F)c(Cl)c1. The Morgan fingerprint density at radius 3 is 2.84 bits per heavy atom. The lowest BCUT2D eigenvalue weighted by atomic mass is 10.1. The number of aromatic nitrogens is 2. The Morgan fingerprint density at radius 1 is 1.48 bits per heavy atom. The standard InChI is InChI=1S/C16H19ClFN5O2/c1-3-10(2)15(14-16(20-7-6-19)22-25-21-14)23(9-24)11-4-5-13(18)12(17)8-11/h4-5,8-9H,3,6-7,19H2,1-2H3,(H,20,22)/b15-10+. The number of carbonyl (C=O) groups excluding carboxylic acids is 1. The lowest BCUT2D eigenvalue weighted by Gasteiger charge is -2.22. The third-order valence-electron chi connectivity index (χ3n) is 3.61. The van der Waals surface area contributed by atoms with Crippen LogP contribution >= 0.6 is 11.6 Å². The van der Waals surface area contributed by atoms with Gasteiger partial charge in [-0.2, -0.15) is 0 Å². The van der Waals surface area contributed by atoms with Crippen molar-refractivity contribution in [2.24, 2.45) is 5.73 Å². The van der Waals surface area contributed by atoms with Crippen molar-refractivity contribution < 1.29 is 13.8 Å². The van der Waals surface area contributed by atoms with E-state index in [1.807, 2.05) is 13.8 Å². The maximum absolute atomic E-state index is 13.5. The predicted molar refractivity (Wildman–Crippen MR) is 94.7 cm³/mol.